The van der Waals surface area contributed by atoms with Crippen LogP contribution >= 0.6 is 0 Å². The Bertz CT molecular complexity index is 642. The molecule has 3 rings (SSSR count). The average molecular weight is 338 g/mol. The van der Waals surface area contributed by atoms with E-state index >= 15 is 0 Å². The van der Waals surface area contributed by atoms with Gasteiger partial charge in [-0.05, 0) is 24.3 Å². The van der Waals surface area contributed by atoms with Gasteiger partial charge >= 0.3 is 11.9 Å². The minimum Gasteiger partial charge on any atom is -0.508 e. The van der Waals surface area contributed by atoms with Crippen LogP contribution in [-0.2, 0) is 14.3 Å². The Morgan fingerprint density at radius 2 is 1.96 bits per heavy atom. The van der Waals surface area contributed by atoms with E-state index in [1.165, 1.54) is 24.3 Å². The molecule has 0 aromatic heterocycles. The van der Waals surface area contributed by atoms with Gasteiger partial charge in [-0.15, -0.1) is 0 Å². The van der Waals surface area contributed by atoms with Gasteiger partial charge in [0.15, 0.2) is 0 Å². The molecule has 1 saturated heterocycles. The number of aliphatic hydroxyl groups excluding tert-OH is 2. The van der Waals surface area contributed by atoms with Gasteiger partial charge in [0, 0.05) is 11.8 Å². The predicted molar refractivity (Wildman–Crippen MR) is 77.9 cm³/mol. The maximum absolute atomic E-state index is 12.0. The van der Waals surface area contributed by atoms with Gasteiger partial charge in [-0.1, -0.05) is 0 Å². The van der Waals surface area contributed by atoms with Crippen LogP contribution in [0.15, 0.2) is 24.3 Å². The molecule has 1 aromatic carbocycles. The number of carbonyl (C=O) groups excluding carboxylic acids is 2. The molecule has 0 spiro atoms. The van der Waals surface area contributed by atoms with Crippen LogP contribution in [0.1, 0.15) is 16.8 Å². The number of cyclic esters (lactones) is 1. The monoisotopic (exact) mass is 338 g/mol. The number of hydrogen-bond acceptors (Lipinski definition) is 8. The molecule has 24 heavy (non-hydrogen) atoms. The van der Waals surface area contributed by atoms with Gasteiger partial charge in [-0.25, -0.2) is 4.79 Å². The van der Waals surface area contributed by atoms with Gasteiger partial charge in [0.25, 0.3) is 0 Å². The maximum atomic E-state index is 12.0. The smallest absolute Gasteiger partial charge is 0.338 e. The second-order valence-corrected chi connectivity index (χ2v) is 6.21. The van der Waals surface area contributed by atoms with E-state index < -0.39 is 48.2 Å². The molecule has 8 heteroatoms. The summed E-state index contributed by atoms with van der Waals surface area (Å²) in [5.41, 5.74) is -1.74. The molecule has 1 saturated carbocycles. The van der Waals surface area contributed by atoms with Gasteiger partial charge < -0.3 is 29.9 Å². The van der Waals surface area contributed by atoms with E-state index in [1.807, 2.05) is 0 Å². The Morgan fingerprint density at radius 3 is 2.62 bits per heavy atom. The third-order valence-corrected chi connectivity index (χ3v) is 4.80. The number of fused-ring (bicyclic) bond motifs is 1. The summed E-state index contributed by atoms with van der Waals surface area (Å²) in [5.74, 6) is -2.65. The molecule has 0 bridgehead atoms. The molecule has 4 N–H and O–H groups in total. The molecule has 130 valence electrons. The van der Waals surface area contributed by atoms with Gasteiger partial charge in [0.05, 0.1) is 24.7 Å². The minimum absolute atomic E-state index is 0.00798. The number of ether oxygens (including phenoxy) is 2. The second kappa shape index (κ2) is 6.04. The van der Waals surface area contributed by atoms with E-state index in [0.717, 1.165) is 0 Å². The molecular weight excluding hydrogens is 320 g/mol. The molecule has 1 heterocycles. The fourth-order valence-electron chi connectivity index (χ4n) is 3.38. The molecule has 1 aromatic rings. The van der Waals surface area contributed by atoms with E-state index in [2.05, 4.69) is 0 Å². The molecule has 0 unspecified atom stereocenters. The molecule has 8 nitrogen and oxygen atoms in total. The molecule has 1 aliphatic heterocycles. The largest absolute Gasteiger partial charge is 0.508 e. The summed E-state index contributed by atoms with van der Waals surface area (Å²) in [4.78, 5) is 23.4. The van der Waals surface area contributed by atoms with Gasteiger partial charge in [-0.2, -0.15) is 0 Å². The third kappa shape index (κ3) is 2.72. The molecule has 2 fully saturated rings. The lowest BCUT2D eigenvalue weighted by Gasteiger charge is -2.34. The topological polar surface area (TPSA) is 134 Å². The summed E-state index contributed by atoms with van der Waals surface area (Å²) in [6.45, 7) is -0.714. The molecule has 5 atom stereocenters. The highest BCUT2D eigenvalue weighted by Crippen LogP contribution is 2.45. The number of rotatable bonds is 3. The number of hydrogen-bond donors (Lipinski definition) is 4. The van der Waals surface area contributed by atoms with Crippen molar-refractivity contribution in [3.8, 4) is 5.75 Å². The van der Waals surface area contributed by atoms with Crippen molar-refractivity contribution in [2.45, 2.75) is 24.2 Å². The first-order chi connectivity index (χ1) is 11.3. The van der Waals surface area contributed by atoms with Crippen LogP contribution in [0.5, 0.6) is 5.75 Å². The average Bonchev–Trinajstić information content (AvgIpc) is 2.75. The van der Waals surface area contributed by atoms with Crippen molar-refractivity contribution in [3.63, 3.8) is 0 Å². The Hall–Kier alpha value is -2.16. The van der Waals surface area contributed by atoms with Crippen LogP contribution in [0.2, 0.25) is 0 Å². The standard InChI is InChI=1S/C16H18O8/c17-9-3-1-8(2-4-9)15(21)24-7-16(22)11-6-23-12(18)5-10(11)13(19)14(16)20/h1-4,10-11,13-14,17,19-20,22H,5-7H2/t10-,11+,13+,14+,16+/m1/s1. The number of carbonyl (C=O) groups is 2. The highest BCUT2D eigenvalue weighted by molar-refractivity contribution is 5.89. The van der Waals surface area contributed by atoms with Crippen LogP contribution in [0, 0.1) is 11.8 Å². The van der Waals surface area contributed by atoms with Crippen LogP contribution in [0.4, 0.5) is 0 Å². The fourth-order valence-corrected chi connectivity index (χ4v) is 3.38. The first kappa shape index (κ1) is 16.7. The molecule has 0 radical (unpaired) electrons. The van der Waals surface area contributed by atoms with Crippen molar-refractivity contribution >= 4 is 11.9 Å². The molecule has 2 aliphatic rings. The summed E-state index contributed by atoms with van der Waals surface area (Å²) in [5, 5.41) is 40.2. The Labute approximate surface area is 137 Å². The normalized spacial score (nSPS) is 35.2. The first-order valence-corrected chi connectivity index (χ1v) is 7.53. The Balaban J connectivity index is 1.72. The summed E-state index contributed by atoms with van der Waals surface area (Å²) >= 11 is 0. The number of benzene rings is 1. The number of phenols is 1. The minimum atomic E-state index is -1.91. The first-order valence-electron chi connectivity index (χ1n) is 7.53. The number of esters is 2. The van der Waals surface area contributed by atoms with Gasteiger partial charge in [0.2, 0.25) is 0 Å². The van der Waals surface area contributed by atoms with E-state index in [1.54, 1.807) is 0 Å². The van der Waals surface area contributed by atoms with Crippen LogP contribution in [-0.4, -0.2) is 63.4 Å². The van der Waals surface area contributed by atoms with E-state index in [4.69, 9.17) is 9.47 Å². The van der Waals surface area contributed by atoms with E-state index in [9.17, 15) is 30.0 Å². The van der Waals surface area contributed by atoms with Crippen molar-refractivity contribution < 1.29 is 39.5 Å². The quantitative estimate of drug-likeness (QED) is 0.526. The fraction of sp³-hybridized carbons (Fsp3) is 0.500. The van der Waals surface area contributed by atoms with E-state index in [-0.39, 0.29) is 24.3 Å². The molecule has 1 aliphatic carbocycles. The number of aromatic hydroxyl groups is 1. The van der Waals surface area contributed by atoms with Crippen LogP contribution in [0.25, 0.3) is 0 Å². The van der Waals surface area contributed by atoms with Crippen molar-refractivity contribution in [1.82, 2.24) is 0 Å². The lowest BCUT2D eigenvalue weighted by Crippen LogP contribution is -2.52. The zero-order valence-electron chi connectivity index (χ0n) is 12.7. The van der Waals surface area contributed by atoms with Crippen LogP contribution < -0.4 is 0 Å². The summed E-state index contributed by atoms with van der Waals surface area (Å²) in [6, 6.07) is 5.34. The molecular formula is C16H18O8. The lowest BCUT2D eigenvalue weighted by atomic mass is 9.83. The highest BCUT2D eigenvalue weighted by atomic mass is 16.6. The lowest BCUT2D eigenvalue weighted by molar-refractivity contribution is -0.166. The highest BCUT2D eigenvalue weighted by Gasteiger charge is 2.61. The summed E-state index contributed by atoms with van der Waals surface area (Å²) in [6.07, 6.45) is -2.98. The number of aliphatic hydroxyl groups is 3. The van der Waals surface area contributed by atoms with Crippen LogP contribution in [0.3, 0.4) is 0 Å². The zero-order valence-corrected chi connectivity index (χ0v) is 12.7. The van der Waals surface area contributed by atoms with Crippen molar-refractivity contribution in [1.29, 1.82) is 0 Å². The second-order valence-electron chi connectivity index (χ2n) is 6.21. The van der Waals surface area contributed by atoms with E-state index in [0.29, 0.717) is 0 Å². The Morgan fingerprint density at radius 1 is 1.29 bits per heavy atom. The molecule has 0 amide bonds. The zero-order chi connectivity index (χ0) is 17.5. The summed E-state index contributed by atoms with van der Waals surface area (Å²) in [7, 11) is 0. The van der Waals surface area contributed by atoms with Crippen molar-refractivity contribution in [2.75, 3.05) is 13.2 Å². The van der Waals surface area contributed by atoms with Crippen molar-refractivity contribution in [3.05, 3.63) is 29.8 Å². The maximum Gasteiger partial charge on any atom is 0.338 e. The summed E-state index contributed by atoms with van der Waals surface area (Å²) < 4.78 is 9.97. The third-order valence-electron chi connectivity index (χ3n) is 4.80. The SMILES string of the molecule is O=C1C[C@H]2[C@H](O)[C@H](O)[C@](O)(COC(=O)c3ccc(O)cc3)[C@H]2CO1. The predicted octanol–water partition coefficient (Wildman–Crippen LogP) is -0.805. The van der Waals surface area contributed by atoms with Crippen molar-refractivity contribution in [2.24, 2.45) is 11.8 Å². The Kier molecular flexibility index (Phi) is 4.20. The van der Waals surface area contributed by atoms with Gasteiger partial charge in [0.1, 0.15) is 24.1 Å². The van der Waals surface area contributed by atoms with Gasteiger partial charge in [-0.3, -0.25) is 4.79 Å². The number of phenolic OH excluding ortho intramolecular Hbond substituents is 1.